The molecule has 1 aliphatic heterocycles. The maximum atomic E-state index is 11.4. The van der Waals surface area contributed by atoms with Gasteiger partial charge in [0.15, 0.2) is 0 Å². The highest BCUT2D eigenvalue weighted by Gasteiger charge is 2.29. The average molecular weight is 210 g/mol. The molecular formula is C11H12ClNO. The van der Waals surface area contributed by atoms with Gasteiger partial charge in [0.2, 0.25) is 0 Å². The van der Waals surface area contributed by atoms with Crippen LogP contribution < -0.4 is 4.90 Å². The minimum absolute atomic E-state index is 0.00583. The number of nitrogens with zero attached hydrogens (tertiary/aromatic N) is 1. The van der Waals surface area contributed by atoms with Gasteiger partial charge >= 0.3 is 0 Å². The van der Waals surface area contributed by atoms with Gasteiger partial charge in [-0.1, -0.05) is 11.6 Å². The van der Waals surface area contributed by atoms with Crippen molar-refractivity contribution in [2.75, 3.05) is 18.5 Å². The first-order valence-electron chi connectivity index (χ1n) is 4.60. The second-order valence-electron chi connectivity index (χ2n) is 3.75. The van der Waals surface area contributed by atoms with E-state index in [2.05, 4.69) is 4.90 Å². The Morgan fingerprint density at radius 1 is 1.57 bits per heavy atom. The van der Waals surface area contributed by atoms with Crippen molar-refractivity contribution >= 4 is 23.1 Å². The van der Waals surface area contributed by atoms with E-state index in [1.54, 1.807) is 6.92 Å². The molecule has 3 heteroatoms. The van der Waals surface area contributed by atoms with Crippen LogP contribution in [0, 0.1) is 0 Å². The molecule has 1 aliphatic rings. The molecule has 0 radical (unpaired) electrons. The Balaban J connectivity index is 2.51. The van der Waals surface area contributed by atoms with E-state index in [-0.39, 0.29) is 11.7 Å². The largest absolute Gasteiger partial charge is 0.373 e. The third-order valence-electron chi connectivity index (χ3n) is 2.72. The third-order valence-corrected chi connectivity index (χ3v) is 2.96. The zero-order valence-electron chi connectivity index (χ0n) is 8.25. The fraction of sp³-hybridized carbons (Fsp3) is 0.364. The van der Waals surface area contributed by atoms with Gasteiger partial charge in [-0.05, 0) is 30.7 Å². The first kappa shape index (κ1) is 9.53. The number of ketones is 1. The molecule has 0 saturated heterocycles. The van der Waals surface area contributed by atoms with Gasteiger partial charge < -0.3 is 4.90 Å². The van der Waals surface area contributed by atoms with Crippen LogP contribution in [0.15, 0.2) is 18.2 Å². The van der Waals surface area contributed by atoms with E-state index in [1.807, 2.05) is 25.2 Å². The molecule has 1 heterocycles. The van der Waals surface area contributed by atoms with E-state index in [1.165, 1.54) is 0 Å². The lowest BCUT2D eigenvalue weighted by atomic mass is 9.98. The van der Waals surface area contributed by atoms with Crippen molar-refractivity contribution in [2.24, 2.45) is 0 Å². The Morgan fingerprint density at radius 2 is 2.29 bits per heavy atom. The van der Waals surface area contributed by atoms with Crippen molar-refractivity contribution in [1.82, 2.24) is 0 Å². The van der Waals surface area contributed by atoms with Crippen molar-refractivity contribution in [1.29, 1.82) is 0 Å². The minimum Gasteiger partial charge on any atom is -0.373 e. The number of likely N-dealkylation sites (N-methyl/N-ethyl adjacent to an activating group) is 1. The summed E-state index contributed by atoms with van der Waals surface area (Å²) in [5.74, 6) is 0.201. The molecule has 0 saturated carbocycles. The lowest BCUT2D eigenvalue weighted by molar-refractivity contribution is -0.118. The summed E-state index contributed by atoms with van der Waals surface area (Å²) in [6, 6.07) is 5.73. The molecule has 2 rings (SSSR count). The van der Waals surface area contributed by atoms with Crippen LogP contribution in [0.3, 0.4) is 0 Å². The summed E-state index contributed by atoms with van der Waals surface area (Å²) in [6.07, 6.45) is 0. The van der Waals surface area contributed by atoms with E-state index in [0.717, 1.165) is 17.8 Å². The van der Waals surface area contributed by atoms with Crippen molar-refractivity contribution in [3.8, 4) is 0 Å². The van der Waals surface area contributed by atoms with Crippen LogP contribution in [0.2, 0.25) is 5.02 Å². The minimum atomic E-state index is -0.00583. The van der Waals surface area contributed by atoms with Gasteiger partial charge in [0, 0.05) is 24.3 Å². The van der Waals surface area contributed by atoms with E-state index in [0.29, 0.717) is 5.02 Å². The Labute approximate surface area is 88.5 Å². The predicted octanol–water partition coefficient (Wildman–Crippen LogP) is 2.46. The van der Waals surface area contributed by atoms with Crippen LogP contribution in [-0.4, -0.2) is 19.4 Å². The van der Waals surface area contributed by atoms with Crippen LogP contribution in [0.4, 0.5) is 5.69 Å². The smallest absolute Gasteiger partial charge is 0.139 e. The average Bonchev–Trinajstić information content (AvgIpc) is 2.43. The topological polar surface area (TPSA) is 20.3 Å². The lowest BCUT2D eigenvalue weighted by Gasteiger charge is -2.11. The molecule has 0 N–H and O–H groups in total. The lowest BCUT2D eigenvalue weighted by Crippen LogP contribution is -2.18. The quantitative estimate of drug-likeness (QED) is 0.708. The highest BCUT2D eigenvalue weighted by molar-refractivity contribution is 6.30. The summed E-state index contributed by atoms with van der Waals surface area (Å²) >= 11 is 5.91. The highest BCUT2D eigenvalue weighted by atomic mass is 35.5. The number of hydrogen-bond donors (Lipinski definition) is 0. The Bertz CT molecular complexity index is 389. The van der Waals surface area contributed by atoms with Crippen molar-refractivity contribution in [3.05, 3.63) is 28.8 Å². The van der Waals surface area contributed by atoms with Gasteiger partial charge in [-0.3, -0.25) is 4.79 Å². The predicted molar refractivity (Wildman–Crippen MR) is 58.1 cm³/mol. The van der Waals surface area contributed by atoms with Gasteiger partial charge in [-0.25, -0.2) is 0 Å². The fourth-order valence-corrected chi connectivity index (χ4v) is 2.15. The number of carbonyl (C=O) groups is 1. The van der Waals surface area contributed by atoms with E-state index in [4.69, 9.17) is 11.6 Å². The highest BCUT2D eigenvalue weighted by Crippen LogP contribution is 2.37. The maximum absolute atomic E-state index is 11.4. The summed E-state index contributed by atoms with van der Waals surface area (Å²) in [6.45, 7) is 2.40. The van der Waals surface area contributed by atoms with Gasteiger partial charge in [0.25, 0.3) is 0 Å². The van der Waals surface area contributed by atoms with Gasteiger partial charge in [0.05, 0.1) is 5.92 Å². The molecule has 1 aromatic rings. The number of anilines is 1. The van der Waals surface area contributed by atoms with Gasteiger partial charge in [-0.15, -0.1) is 0 Å². The summed E-state index contributed by atoms with van der Waals surface area (Å²) in [4.78, 5) is 13.5. The van der Waals surface area contributed by atoms with E-state index in [9.17, 15) is 4.79 Å². The van der Waals surface area contributed by atoms with Crippen LogP contribution in [-0.2, 0) is 4.79 Å². The molecule has 0 aromatic heterocycles. The van der Waals surface area contributed by atoms with Crippen molar-refractivity contribution in [3.63, 3.8) is 0 Å². The summed E-state index contributed by atoms with van der Waals surface area (Å²) in [5, 5.41) is 0.699. The number of Topliss-reactive ketones (excluding diaryl/α,β-unsaturated/α-hetero) is 1. The fourth-order valence-electron chi connectivity index (χ4n) is 1.97. The molecule has 0 aliphatic carbocycles. The molecule has 74 valence electrons. The first-order chi connectivity index (χ1) is 6.59. The number of carbonyl (C=O) groups excluding carboxylic acids is 1. The van der Waals surface area contributed by atoms with Gasteiger partial charge in [-0.2, -0.15) is 0 Å². The molecule has 1 aromatic carbocycles. The second-order valence-corrected chi connectivity index (χ2v) is 4.18. The van der Waals surface area contributed by atoms with Crippen LogP contribution in [0.25, 0.3) is 0 Å². The molecular weight excluding hydrogens is 198 g/mol. The molecule has 0 amide bonds. The summed E-state index contributed by atoms with van der Waals surface area (Å²) in [7, 11) is 2.00. The summed E-state index contributed by atoms with van der Waals surface area (Å²) < 4.78 is 0. The zero-order valence-corrected chi connectivity index (χ0v) is 9.01. The summed E-state index contributed by atoms with van der Waals surface area (Å²) in [5.41, 5.74) is 2.18. The number of fused-ring (bicyclic) bond motifs is 1. The van der Waals surface area contributed by atoms with Crippen LogP contribution >= 0.6 is 11.6 Å². The number of halogens is 1. The SMILES string of the molecule is CC(=O)C1CN(C)c2ccc(Cl)cc21. The van der Waals surface area contributed by atoms with E-state index >= 15 is 0 Å². The monoisotopic (exact) mass is 209 g/mol. The standard InChI is InChI=1S/C11H12ClNO/c1-7(14)10-6-13(2)11-4-3-8(12)5-9(10)11/h3-5,10H,6H2,1-2H3. The normalized spacial score (nSPS) is 19.6. The molecule has 0 fully saturated rings. The number of hydrogen-bond acceptors (Lipinski definition) is 2. The molecule has 1 atom stereocenters. The number of rotatable bonds is 1. The molecule has 0 bridgehead atoms. The zero-order chi connectivity index (χ0) is 10.3. The second kappa shape index (κ2) is 3.28. The van der Waals surface area contributed by atoms with Crippen LogP contribution in [0.1, 0.15) is 18.4 Å². The van der Waals surface area contributed by atoms with Crippen LogP contribution in [0.5, 0.6) is 0 Å². The molecule has 1 unspecified atom stereocenters. The molecule has 0 spiro atoms. The third kappa shape index (κ3) is 1.40. The number of benzene rings is 1. The Kier molecular flexibility index (Phi) is 2.23. The Morgan fingerprint density at radius 3 is 2.93 bits per heavy atom. The Hall–Kier alpha value is -1.02. The molecule has 2 nitrogen and oxygen atoms in total. The first-order valence-corrected chi connectivity index (χ1v) is 4.98. The van der Waals surface area contributed by atoms with Crippen molar-refractivity contribution in [2.45, 2.75) is 12.8 Å². The maximum Gasteiger partial charge on any atom is 0.139 e. The van der Waals surface area contributed by atoms with Crippen molar-refractivity contribution < 1.29 is 4.79 Å². The van der Waals surface area contributed by atoms with Gasteiger partial charge in [0.1, 0.15) is 5.78 Å². The van der Waals surface area contributed by atoms with E-state index < -0.39 is 0 Å². The molecule has 14 heavy (non-hydrogen) atoms.